The van der Waals surface area contributed by atoms with Crippen molar-refractivity contribution >= 4 is 17.3 Å². The number of hydrogen-bond donors (Lipinski definition) is 0. The molecule has 0 aromatic heterocycles. The molecular formula is C16H13ClF3NO. The zero-order valence-corrected chi connectivity index (χ0v) is 12.5. The molecule has 0 spiro atoms. The number of ether oxygens (including phenoxy) is 1. The monoisotopic (exact) mass is 327 g/mol. The highest BCUT2D eigenvalue weighted by Gasteiger charge is 2.34. The first-order valence-electron chi connectivity index (χ1n) is 6.66. The third-order valence-electron chi connectivity index (χ3n) is 3.78. The number of benzene rings is 2. The maximum absolute atomic E-state index is 13.0. The van der Waals surface area contributed by atoms with E-state index < -0.39 is 11.7 Å². The number of anilines is 1. The fraction of sp³-hybridized carbons (Fsp3) is 0.250. The lowest BCUT2D eigenvalue weighted by atomic mass is 10.1. The summed E-state index contributed by atoms with van der Waals surface area (Å²) >= 11 is 5.67. The summed E-state index contributed by atoms with van der Waals surface area (Å²) in [6.45, 7) is 1.06. The van der Waals surface area contributed by atoms with E-state index in [0.717, 1.165) is 22.9 Å². The first-order valence-corrected chi connectivity index (χ1v) is 7.04. The Hall–Kier alpha value is -1.88. The minimum atomic E-state index is -4.46. The SMILES string of the molecule is COc1cccc2c1CN(c1ccc(Cl)c(C(F)(F)F)c1)C2. The number of fused-ring (bicyclic) bond motifs is 1. The third kappa shape index (κ3) is 2.61. The Morgan fingerprint density at radius 2 is 1.91 bits per heavy atom. The van der Waals surface area contributed by atoms with E-state index in [-0.39, 0.29) is 5.02 Å². The second-order valence-corrected chi connectivity index (χ2v) is 5.52. The van der Waals surface area contributed by atoms with Gasteiger partial charge in [0.15, 0.2) is 0 Å². The molecule has 1 heterocycles. The van der Waals surface area contributed by atoms with Gasteiger partial charge in [-0.2, -0.15) is 13.2 Å². The smallest absolute Gasteiger partial charge is 0.417 e. The van der Waals surface area contributed by atoms with E-state index >= 15 is 0 Å². The lowest BCUT2D eigenvalue weighted by Gasteiger charge is -2.20. The van der Waals surface area contributed by atoms with Gasteiger partial charge in [-0.15, -0.1) is 0 Å². The van der Waals surface area contributed by atoms with Gasteiger partial charge in [0.05, 0.1) is 17.7 Å². The van der Waals surface area contributed by atoms with Gasteiger partial charge < -0.3 is 9.64 Å². The Morgan fingerprint density at radius 1 is 1.14 bits per heavy atom. The molecule has 1 aliphatic heterocycles. The molecule has 0 saturated carbocycles. The number of rotatable bonds is 2. The van der Waals surface area contributed by atoms with Crippen LogP contribution in [0.25, 0.3) is 0 Å². The van der Waals surface area contributed by atoms with E-state index in [9.17, 15) is 13.2 Å². The Bertz CT molecular complexity index is 715. The van der Waals surface area contributed by atoms with Crippen LogP contribution in [-0.2, 0) is 19.3 Å². The van der Waals surface area contributed by atoms with Crippen LogP contribution in [-0.4, -0.2) is 7.11 Å². The molecule has 3 rings (SSSR count). The van der Waals surface area contributed by atoms with Gasteiger partial charge in [-0.25, -0.2) is 0 Å². The predicted octanol–water partition coefficient (Wildman–Crippen LogP) is 4.89. The lowest BCUT2D eigenvalue weighted by Crippen LogP contribution is -2.16. The van der Waals surface area contributed by atoms with Crippen LogP contribution in [0.2, 0.25) is 5.02 Å². The van der Waals surface area contributed by atoms with Crippen LogP contribution < -0.4 is 9.64 Å². The Balaban J connectivity index is 1.95. The minimum Gasteiger partial charge on any atom is -0.496 e. The predicted molar refractivity (Wildman–Crippen MR) is 79.3 cm³/mol. The average molecular weight is 328 g/mol. The van der Waals surface area contributed by atoms with E-state index in [1.165, 1.54) is 6.07 Å². The van der Waals surface area contributed by atoms with Crippen molar-refractivity contribution in [3.05, 3.63) is 58.1 Å². The van der Waals surface area contributed by atoms with Crippen LogP contribution in [0, 0.1) is 0 Å². The third-order valence-corrected chi connectivity index (χ3v) is 4.11. The van der Waals surface area contributed by atoms with Crippen LogP contribution in [0.1, 0.15) is 16.7 Å². The zero-order valence-electron chi connectivity index (χ0n) is 11.7. The van der Waals surface area contributed by atoms with Crippen molar-refractivity contribution in [3.63, 3.8) is 0 Å². The summed E-state index contributed by atoms with van der Waals surface area (Å²) in [5, 5.41) is -0.287. The molecule has 0 radical (unpaired) electrons. The van der Waals surface area contributed by atoms with E-state index in [2.05, 4.69) is 0 Å². The molecule has 0 amide bonds. The molecule has 0 atom stereocenters. The summed E-state index contributed by atoms with van der Waals surface area (Å²) in [5.74, 6) is 0.755. The molecule has 22 heavy (non-hydrogen) atoms. The van der Waals surface area contributed by atoms with Gasteiger partial charge in [0.2, 0.25) is 0 Å². The maximum atomic E-state index is 13.0. The molecule has 0 aliphatic carbocycles. The molecular weight excluding hydrogens is 315 g/mol. The fourth-order valence-electron chi connectivity index (χ4n) is 2.69. The van der Waals surface area contributed by atoms with Crippen LogP contribution in [0.3, 0.4) is 0 Å². The minimum absolute atomic E-state index is 0.287. The summed E-state index contributed by atoms with van der Waals surface area (Å²) in [5.41, 5.74) is 1.75. The van der Waals surface area contributed by atoms with Gasteiger partial charge in [-0.3, -0.25) is 0 Å². The number of halogens is 4. The molecule has 6 heteroatoms. The quantitative estimate of drug-likeness (QED) is 0.779. The van der Waals surface area contributed by atoms with Crippen LogP contribution >= 0.6 is 11.6 Å². The number of methoxy groups -OCH3 is 1. The number of alkyl halides is 3. The summed E-state index contributed by atoms with van der Waals surface area (Å²) in [4.78, 5) is 1.87. The average Bonchev–Trinajstić information content (AvgIpc) is 2.90. The van der Waals surface area contributed by atoms with E-state index in [1.807, 2.05) is 23.1 Å². The van der Waals surface area contributed by atoms with Gasteiger partial charge in [-0.05, 0) is 29.8 Å². The van der Waals surface area contributed by atoms with Crippen molar-refractivity contribution in [2.24, 2.45) is 0 Å². The van der Waals surface area contributed by atoms with Crippen LogP contribution in [0.15, 0.2) is 36.4 Å². The van der Waals surface area contributed by atoms with Gasteiger partial charge in [0, 0.05) is 24.3 Å². The first kappa shape index (κ1) is 15.0. The molecule has 0 N–H and O–H groups in total. The van der Waals surface area contributed by atoms with Crippen LogP contribution in [0.5, 0.6) is 5.75 Å². The molecule has 2 nitrogen and oxygen atoms in total. The Morgan fingerprint density at radius 3 is 2.59 bits per heavy atom. The van der Waals surface area contributed by atoms with E-state index in [0.29, 0.717) is 18.8 Å². The summed E-state index contributed by atoms with van der Waals surface area (Å²) in [7, 11) is 1.59. The molecule has 1 aliphatic rings. The lowest BCUT2D eigenvalue weighted by molar-refractivity contribution is -0.137. The molecule has 0 saturated heterocycles. The standard InChI is InChI=1S/C16H13ClF3NO/c1-22-15-4-2-3-10-8-21(9-12(10)15)11-5-6-14(17)13(7-11)16(18,19)20/h2-7H,8-9H2,1H3. The normalized spacial score (nSPS) is 14.1. The highest BCUT2D eigenvalue weighted by Crippen LogP contribution is 2.39. The zero-order chi connectivity index (χ0) is 15.9. The highest BCUT2D eigenvalue weighted by molar-refractivity contribution is 6.31. The van der Waals surface area contributed by atoms with Crippen molar-refractivity contribution in [3.8, 4) is 5.75 Å². The van der Waals surface area contributed by atoms with Crippen molar-refractivity contribution in [2.45, 2.75) is 19.3 Å². The summed E-state index contributed by atoms with van der Waals surface area (Å²) in [6, 6.07) is 9.69. The molecule has 2 aromatic rings. The van der Waals surface area contributed by atoms with E-state index in [1.54, 1.807) is 13.2 Å². The first-order chi connectivity index (χ1) is 10.4. The van der Waals surface area contributed by atoms with Crippen molar-refractivity contribution in [1.29, 1.82) is 0 Å². The molecule has 116 valence electrons. The summed E-state index contributed by atoms with van der Waals surface area (Å²) < 4.78 is 44.2. The topological polar surface area (TPSA) is 12.5 Å². The Kier molecular flexibility index (Phi) is 3.68. The maximum Gasteiger partial charge on any atom is 0.417 e. The van der Waals surface area contributed by atoms with Crippen molar-refractivity contribution in [1.82, 2.24) is 0 Å². The van der Waals surface area contributed by atoms with Crippen LogP contribution in [0.4, 0.5) is 18.9 Å². The molecule has 0 fully saturated rings. The van der Waals surface area contributed by atoms with Crippen molar-refractivity contribution < 1.29 is 17.9 Å². The molecule has 2 aromatic carbocycles. The second-order valence-electron chi connectivity index (χ2n) is 5.12. The number of hydrogen-bond acceptors (Lipinski definition) is 2. The fourth-order valence-corrected chi connectivity index (χ4v) is 2.92. The Labute approximate surface area is 131 Å². The molecule has 0 unspecified atom stereocenters. The van der Waals surface area contributed by atoms with E-state index in [4.69, 9.17) is 16.3 Å². The van der Waals surface area contributed by atoms with Crippen molar-refractivity contribution in [2.75, 3.05) is 12.0 Å². The highest BCUT2D eigenvalue weighted by atomic mass is 35.5. The number of nitrogens with zero attached hydrogens (tertiary/aromatic N) is 1. The van der Waals surface area contributed by atoms with Gasteiger partial charge in [0.1, 0.15) is 5.75 Å². The van der Waals surface area contributed by atoms with Gasteiger partial charge >= 0.3 is 6.18 Å². The van der Waals surface area contributed by atoms with Gasteiger partial charge in [-0.1, -0.05) is 23.7 Å². The van der Waals surface area contributed by atoms with Gasteiger partial charge in [0.25, 0.3) is 0 Å². The largest absolute Gasteiger partial charge is 0.496 e. The second kappa shape index (κ2) is 5.39. The summed E-state index contributed by atoms with van der Waals surface area (Å²) in [6.07, 6.45) is -4.46. The molecule has 0 bridgehead atoms.